The molecule has 2 rings (SSSR count). The Kier molecular flexibility index (Phi) is 1.95. The number of fused-ring (bicyclic) bond motifs is 1. The van der Waals surface area contributed by atoms with E-state index in [2.05, 4.69) is 10.2 Å². The largest absolute Gasteiger partial charge is 0.416 e. The SMILES string of the molecule is O=Cc1nnc2cc(C(F)(F)F)ccn12. The maximum absolute atomic E-state index is 12.3. The number of aldehydes is 1. The van der Waals surface area contributed by atoms with Crippen LogP contribution >= 0.6 is 0 Å². The minimum absolute atomic E-state index is 0.00748. The number of rotatable bonds is 1. The molecule has 0 radical (unpaired) electrons. The van der Waals surface area contributed by atoms with Crippen LogP contribution in [0, 0.1) is 0 Å². The number of nitrogens with zero attached hydrogens (tertiary/aromatic N) is 3. The van der Waals surface area contributed by atoms with E-state index >= 15 is 0 Å². The molecule has 0 atom stereocenters. The first-order valence-corrected chi connectivity index (χ1v) is 3.89. The van der Waals surface area contributed by atoms with Crippen molar-refractivity contribution >= 4 is 11.9 Å². The summed E-state index contributed by atoms with van der Waals surface area (Å²) in [5, 5.41) is 6.86. The van der Waals surface area contributed by atoms with Gasteiger partial charge in [0.15, 0.2) is 11.9 Å². The Hall–Kier alpha value is -1.92. The highest BCUT2D eigenvalue weighted by Crippen LogP contribution is 2.29. The maximum Gasteiger partial charge on any atom is 0.416 e. The van der Waals surface area contributed by atoms with E-state index in [1.807, 2.05) is 0 Å². The monoisotopic (exact) mass is 215 g/mol. The van der Waals surface area contributed by atoms with E-state index in [9.17, 15) is 18.0 Å². The van der Waals surface area contributed by atoms with Gasteiger partial charge in [-0.3, -0.25) is 9.20 Å². The second-order valence-electron chi connectivity index (χ2n) is 2.82. The van der Waals surface area contributed by atoms with E-state index in [0.29, 0.717) is 6.29 Å². The molecule has 4 nitrogen and oxygen atoms in total. The van der Waals surface area contributed by atoms with E-state index in [1.54, 1.807) is 0 Å². The second-order valence-corrected chi connectivity index (χ2v) is 2.82. The van der Waals surface area contributed by atoms with Crippen LogP contribution in [0.15, 0.2) is 18.3 Å². The third-order valence-electron chi connectivity index (χ3n) is 1.87. The Morgan fingerprint density at radius 3 is 2.67 bits per heavy atom. The molecule has 15 heavy (non-hydrogen) atoms. The zero-order valence-corrected chi connectivity index (χ0v) is 7.19. The molecule has 0 amide bonds. The molecule has 0 saturated carbocycles. The van der Waals surface area contributed by atoms with Crippen molar-refractivity contribution in [3.63, 3.8) is 0 Å². The Labute approximate surface area is 81.3 Å². The standard InChI is InChI=1S/C8H4F3N3O/c9-8(10,11)5-1-2-14-6(3-5)12-13-7(14)4-15/h1-4H. The van der Waals surface area contributed by atoms with Gasteiger partial charge in [-0.25, -0.2) is 0 Å². The van der Waals surface area contributed by atoms with Crippen LogP contribution < -0.4 is 0 Å². The molecule has 78 valence electrons. The van der Waals surface area contributed by atoms with Crippen molar-refractivity contribution in [2.75, 3.05) is 0 Å². The Morgan fingerprint density at radius 2 is 2.07 bits per heavy atom. The molecule has 0 unspecified atom stereocenters. The highest BCUT2D eigenvalue weighted by atomic mass is 19.4. The Morgan fingerprint density at radius 1 is 1.33 bits per heavy atom. The lowest BCUT2D eigenvalue weighted by Gasteiger charge is -2.05. The molecule has 7 heteroatoms. The summed E-state index contributed by atoms with van der Waals surface area (Å²) in [6.07, 6.45) is -2.88. The number of carbonyl (C=O) groups excluding carboxylic acids is 1. The summed E-state index contributed by atoms with van der Waals surface area (Å²) in [4.78, 5) is 10.4. The fourth-order valence-electron chi connectivity index (χ4n) is 1.17. The van der Waals surface area contributed by atoms with Crippen LogP contribution in [0.2, 0.25) is 0 Å². The van der Waals surface area contributed by atoms with Crippen LogP contribution in [0.25, 0.3) is 5.65 Å². The fraction of sp³-hybridized carbons (Fsp3) is 0.125. The van der Waals surface area contributed by atoms with Gasteiger partial charge in [0, 0.05) is 6.20 Å². The van der Waals surface area contributed by atoms with Crippen LogP contribution in [0.5, 0.6) is 0 Å². The number of alkyl halides is 3. The van der Waals surface area contributed by atoms with Crippen molar-refractivity contribution in [2.24, 2.45) is 0 Å². The van der Waals surface area contributed by atoms with Gasteiger partial charge in [-0.15, -0.1) is 10.2 Å². The highest BCUT2D eigenvalue weighted by Gasteiger charge is 2.30. The van der Waals surface area contributed by atoms with E-state index < -0.39 is 11.7 Å². The summed E-state index contributed by atoms with van der Waals surface area (Å²) < 4.78 is 38.0. The highest BCUT2D eigenvalue weighted by molar-refractivity contribution is 5.70. The predicted octanol–water partition coefficient (Wildman–Crippen LogP) is 1.56. The maximum atomic E-state index is 12.3. The first kappa shape index (κ1) is 9.63. The zero-order valence-electron chi connectivity index (χ0n) is 7.19. The summed E-state index contributed by atoms with van der Waals surface area (Å²) in [5.41, 5.74) is -0.827. The molecule has 0 N–H and O–H groups in total. The molecule has 0 aliphatic rings. The number of aromatic nitrogens is 3. The van der Waals surface area contributed by atoms with Gasteiger partial charge in [0.2, 0.25) is 5.82 Å². The van der Waals surface area contributed by atoms with Crippen LogP contribution in [0.3, 0.4) is 0 Å². The lowest BCUT2D eigenvalue weighted by molar-refractivity contribution is -0.137. The minimum Gasteiger partial charge on any atom is -0.294 e. The second kappa shape index (κ2) is 3.04. The molecule has 0 aromatic carbocycles. The summed E-state index contributed by atoms with van der Waals surface area (Å²) >= 11 is 0. The minimum atomic E-state index is -4.42. The van der Waals surface area contributed by atoms with Gasteiger partial charge < -0.3 is 0 Å². The lowest BCUT2D eigenvalue weighted by atomic mass is 10.2. The molecule has 0 aliphatic carbocycles. The summed E-state index contributed by atoms with van der Waals surface area (Å²) in [6, 6.07) is 1.70. The van der Waals surface area contributed by atoms with E-state index in [-0.39, 0.29) is 11.5 Å². The molecule has 0 bridgehead atoms. The lowest BCUT2D eigenvalue weighted by Crippen LogP contribution is -2.05. The van der Waals surface area contributed by atoms with Gasteiger partial charge in [-0.2, -0.15) is 13.2 Å². The topological polar surface area (TPSA) is 47.3 Å². The predicted molar refractivity (Wildman–Crippen MR) is 43.4 cm³/mol. The molecular formula is C8H4F3N3O. The molecule has 0 spiro atoms. The van der Waals surface area contributed by atoms with Crippen LogP contribution in [0.4, 0.5) is 13.2 Å². The van der Waals surface area contributed by atoms with Gasteiger partial charge >= 0.3 is 6.18 Å². The van der Waals surface area contributed by atoms with Gasteiger partial charge in [0.25, 0.3) is 0 Å². The summed E-state index contributed by atoms with van der Waals surface area (Å²) in [7, 11) is 0. The fourth-order valence-corrected chi connectivity index (χ4v) is 1.17. The van der Waals surface area contributed by atoms with E-state index in [0.717, 1.165) is 18.3 Å². The molecular weight excluding hydrogens is 211 g/mol. The quantitative estimate of drug-likeness (QED) is 0.678. The average molecular weight is 215 g/mol. The van der Waals surface area contributed by atoms with Crippen LogP contribution in [0.1, 0.15) is 16.2 Å². The first-order valence-electron chi connectivity index (χ1n) is 3.89. The molecule has 0 fully saturated rings. The smallest absolute Gasteiger partial charge is 0.294 e. The normalized spacial score (nSPS) is 11.9. The van der Waals surface area contributed by atoms with Crippen molar-refractivity contribution in [1.29, 1.82) is 0 Å². The van der Waals surface area contributed by atoms with Crippen molar-refractivity contribution in [3.05, 3.63) is 29.7 Å². The Balaban J connectivity index is 2.63. The van der Waals surface area contributed by atoms with Crippen LogP contribution in [-0.4, -0.2) is 20.9 Å². The number of halogens is 3. The van der Waals surface area contributed by atoms with Gasteiger partial charge in [-0.05, 0) is 12.1 Å². The molecule has 2 heterocycles. The number of hydrogen-bond acceptors (Lipinski definition) is 3. The van der Waals surface area contributed by atoms with E-state index in [4.69, 9.17) is 0 Å². The van der Waals surface area contributed by atoms with Gasteiger partial charge in [0.1, 0.15) is 0 Å². The molecule has 2 aromatic heterocycles. The van der Waals surface area contributed by atoms with Crippen molar-refractivity contribution < 1.29 is 18.0 Å². The van der Waals surface area contributed by atoms with Crippen molar-refractivity contribution in [3.8, 4) is 0 Å². The van der Waals surface area contributed by atoms with Gasteiger partial charge in [0.05, 0.1) is 5.56 Å². The first-order chi connectivity index (χ1) is 7.02. The van der Waals surface area contributed by atoms with E-state index in [1.165, 1.54) is 4.40 Å². The summed E-state index contributed by atoms with van der Waals surface area (Å²) in [6.45, 7) is 0. The average Bonchev–Trinajstić information content (AvgIpc) is 2.58. The number of carbonyl (C=O) groups is 1. The van der Waals surface area contributed by atoms with Crippen LogP contribution in [-0.2, 0) is 6.18 Å². The third kappa shape index (κ3) is 1.56. The zero-order chi connectivity index (χ0) is 11.1. The Bertz CT molecular complexity index is 517. The molecule has 0 saturated heterocycles. The summed E-state index contributed by atoms with van der Waals surface area (Å²) in [5.74, 6) is -0.0290. The van der Waals surface area contributed by atoms with Crippen molar-refractivity contribution in [1.82, 2.24) is 14.6 Å². The number of hydrogen-bond donors (Lipinski definition) is 0. The molecule has 2 aromatic rings. The van der Waals surface area contributed by atoms with Crippen molar-refractivity contribution in [2.45, 2.75) is 6.18 Å². The van der Waals surface area contributed by atoms with Gasteiger partial charge in [-0.1, -0.05) is 0 Å². The number of pyridine rings is 1. The molecule has 0 aliphatic heterocycles. The third-order valence-corrected chi connectivity index (χ3v) is 1.87.